The Hall–Kier alpha value is -0.570. The summed E-state index contributed by atoms with van der Waals surface area (Å²) < 4.78 is 0. The van der Waals surface area contributed by atoms with Crippen molar-refractivity contribution in [2.45, 2.75) is 59.8 Å². The van der Waals surface area contributed by atoms with E-state index in [9.17, 15) is 4.79 Å². The zero-order valence-electron chi connectivity index (χ0n) is 12.0. The minimum Gasteiger partial charge on any atom is -0.356 e. The normalized spacial score (nSPS) is 13.5. The maximum Gasteiger partial charge on any atom is 0.224 e. The lowest BCUT2D eigenvalue weighted by atomic mass is 9.84. The van der Waals surface area contributed by atoms with Crippen LogP contribution in [0.5, 0.6) is 0 Å². The van der Waals surface area contributed by atoms with Crippen molar-refractivity contribution >= 4 is 5.91 Å². The summed E-state index contributed by atoms with van der Waals surface area (Å²) in [6.07, 6.45) is 5.60. The second-order valence-corrected chi connectivity index (χ2v) is 6.05. The maximum atomic E-state index is 11.9. The molecule has 1 amide bonds. The van der Waals surface area contributed by atoms with Crippen LogP contribution in [0.4, 0.5) is 0 Å². The van der Waals surface area contributed by atoms with Gasteiger partial charge in [0.2, 0.25) is 5.91 Å². The molecule has 0 fully saturated rings. The maximum absolute atomic E-state index is 11.9. The van der Waals surface area contributed by atoms with Crippen molar-refractivity contribution in [1.29, 1.82) is 0 Å². The van der Waals surface area contributed by atoms with Crippen LogP contribution in [0.15, 0.2) is 0 Å². The molecule has 3 nitrogen and oxygen atoms in total. The van der Waals surface area contributed by atoms with Gasteiger partial charge >= 0.3 is 0 Å². The van der Waals surface area contributed by atoms with Crippen LogP contribution in [-0.4, -0.2) is 19.0 Å². The minimum atomic E-state index is -0.0406. The highest BCUT2D eigenvalue weighted by Crippen LogP contribution is 2.23. The van der Waals surface area contributed by atoms with Gasteiger partial charge in [-0.15, -0.1) is 0 Å². The van der Waals surface area contributed by atoms with E-state index >= 15 is 0 Å². The number of rotatable bonds is 8. The first kappa shape index (κ1) is 16.4. The topological polar surface area (TPSA) is 55.1 Å². The second kappa shape index (κ2) is 8.51. The first-order valence-corrected chi connectivity index (χ1v) is 6.88. The summed E-state index contributed by atoms with van der Waals surface area (Å²) in [6, 6.07) is 0. The van der Waals surface area contributed by atoms with Gasteiger partial charge in [-0.05, 0) is 18.3 Å². The Bertz CT molecular complexity index is 209. The number of hydrogen-bond acceptors (Lipinski definition) is 2. The third-order valence-electron chi connectivity index (χ3n) is 2.84. The van der Waals surface area contributed by atoms with Gasteiger partial charge in [-0.25, -0.2) is 0 Å². The van der Waals surface area contributed by atoms with E-state index in [0.29, 0.717) is 6.54 Å². The predicted octanol–water partition coefficient (Wildman–Crippen LogP) is 2.69. The summed E-state index contributed by atoms with van der Waals surface area (Å²) in [4.78, 5) is 11.9. The van der Waals surface area contributed by atoms with Gasteiger partial charge in [0.25, 0.3) is 0 Å². The molecule has 0 aromatic rings. The van der Waals surface area contributed by atoms with Crippen LogP contribution in [0.3, 0.4) is 0 Å². The van der Waals surface area contributed by atoms with Gasteiger partial charge < -0.3 is 11.1 Å². The van der Waals surface area contributed by atoms with E-state index in [0.717, 1.165) is 19.4 Å². The lowest BCUT2D eigenvalue weighted by molar-refractivity contribution is -0.125. The third-order valence-corrected chi connectivity index (χ3v) is 2.84. The van der Waals surface area contributed by atoms with Crippen LogP contribution < -0.4 is 11.1 Å². The number of unbranched alkanes of at least 4 members (excludes halogenated alkanes) is 3. The molecule has 0 rings (SSSR count). The van der Waals surface area contributed by atoms with Gasteiger partial charge in [0.05, 0.1) is 5.92 Å². The second-order valence-electron chi connectivity index (χ2n) is 6.05. The Morgan fingerprint density at radius 2 is 1.88 bits per heavy atom. The summed E-state index contributed by atoms with van der Waals surface area (Å²) in [6.45, 7) is 9.85. The van der Waals surface area contributed by atoms with Crippen LogP contribution in [0, 0.1) is 11.3 Å². The Morgan fingerprint density at radius 1 is 1.24 bits per heavy atom. The first-order chi connectivity index (χ1) is 7.90. The highest BCUT2D eigenvalue weighted by molar-refractivity contribution is 5.78. The fraction of sp³-hybridized carbons (Fsp3) is 0.929. The number of nitrogens with one attached hydrogen (secondary N) is 1. The van der Waals surface area contributed by atoms with E-state index in [1.165, 1.54) is 19.3 Å². The highest BCUT2D eigenvalue weighted by Gasteiger charge is 2.23. The molecule has 0 aliphatic heterocycles. The Balaban J connectivity index is 3.85. The van der Waals surface area contributed by atoms with Crippen molar-refractivity contribution in [2.75, 3.05) is 13.1 Å². The van der Waals surface area contributed by atoms with E-state index < -0.39 is 0 Å². The predicted molar refractivity (Wildman–Crippen MR) is 73.8 cm³/mol. The third kappa shape index (κ3) is 9.16. The van der Waals surface area contributed by atoms with E-state index in [2.05, 4.69) is 33.0 Å². The van der Waals surface area contributed by atoms with Crippen LogP contribution in [0.1, 0.15) is 59.8 Å². The van der Waals surface area contributed by atoms with E-state index in [4.69, 9.17) is 5.73 Å². The molecule has 0 aliphatic rings. The quantitative estimate of drug-likeness (QED) is 0.643. The number of carbonyl (C=O) groups is 1. The standard InChI is InChI=1S/C14H30N2O/c1-5-6-7-8-9-16-13(17)12(11-15)10-14(2,3)4/h12H,5-11,15H2,1-4H3,(H,16,17). The van der Waals surface area contributed by atoms with Crippen molar-refractivity contribution in [3.63, 3.8) is 0 Å². The Kier molecular flexibility index (Phi) is 8.23. The molecule has 0 aliphatic carbocycles. The van der Waals surface area contributed by atoms with Crippen molar-refractivity contribution in [3.8, 4) is 0 Å². The number of carbonyl (C=O) groups excluding carboxylic acids is 1. The summed E-state index contributed by atoms with van der Waals surface area (Å²) in [5.41, 5.74) is 5.83. The van der Waals surface area contributed by atoms with Gasteiger partial charge in [-0.2, -0.15) is 0 Å². The molecule has 102 valence electrons. The van der Waals surface area contributed by atoms with Gasteiger partial charge in [-0.1, -0.05) is 47.0 Å². The Morgan fingerprint density at radius 3 is 2.35 bits per heavy atom. The first-order valence-electron chi connectivity index (χ1n) is 6.88. The Labute approximate surface area is 107 Å². The van der Waals surface area contributed by atoms with Crippen molar-refractivity contribution in [1.82, 2.24) is 5.32 Å². The molecule has 0 aromatic heterocycles. The van der Waals surface area contributed by atoms with Crippen LogP contribution in [-0.2, 0) is 4.79 Å². The molecular formula is C14H30N2O. The zero-order chi connectivity index (χ0) is 13.3. The molecule has 3 N–H and O–H groups in total. The lowest BCUT2D eigenvalue weighted by Crippen LogP contribution is -2.37. The smallest absolute Gasteiger partial charge is 0.224 e. The molecule has 0 radical (unpaired) electrons. The van der Waals surface area contributed by atoms with Crippen molar-refractivity contribution in [2.24, 2.45) is 17.1 Å². The minimum absolute atomic E-state index is 0.0406. The van der Waals surface area contributed by atoms with Crippen molar-refractivity contribution < 1.29 is 4.79 Å². The fourth-order valence-corrected chi connectivity index (χ4v) is 1.93. The van der Waals surface area contributed by atoms with Gasteiger partial charge in [0.15, 0.2) is 0 Å². The monoisotopic (exact) mass is 242 g/mol. The summed E-state index contributed by atoms with van der Waals surface area (Å²) in [7, 11) is 0. The van der Waals surface area contributed by atoms with Crippen molar-refractivity contribution in [3.05, 3.63) is 0 Å². The SMILES string of the molecule is CCCCCCNC(=O)C(CN)CC(C)(C)C. The van der Waals surface area contributed by atoms with E-state index in [-0.39, 0.29) is 17.2 Å². The molecule has 17 heavy (non-hydrogen) atoms. The average Bonchev–Trinajstić information content (AvgIpc) is 2.24. The van der Waals surface area contributed by atoms with Crippen LogP contribution >= 0.6 is 0 Å². The average molecular weight is 242 g/mol. The van der Waals surface area contributed by atoms with E-state index in [1.807, 2.05) is 0 Å². The van der Waals surface area contributed by atoms with Gasteiger partial charge in [-0.3, -0.25) is 4.79 Å². The fourth-order valence-electron chi connectivity index (χ4n) is 1.93. The molecule has 0 spiro atoms. The zero-order valence-corrected chi connectivity index (χ0v) is 12.0. The van der Waals surface area contributed by atoms with Crippen LogP contribution in [0.25, 0.3) is 0 Å². The van der Waals surface area contributed by atoms with E-state index in [1.54, 1.807) is 0 Å². The molecule has 0 heterocycles. The summed E-state index contributed by atoms with van der Waals surface area (Å²) in [5, 5.41) is 3.00. The molecule has 1 atom stereocenters. The number of nitrogens with two attached hydrogens (primary N) is 1. The molecule has 0 saturated carbocycles. The number of amides is 1. The molecule has 1 unspecified atom stereocenters. The summed E-state index contributed by atoms with van der Waals surface area (Å²) >= 11 is 0. The highest BCUT2D eigenvalue weighted by atomic mass is 16.1. The molecule has 0 saturated heterocycles. The molecule has 0 aromatic carbocycles. The van der Waals surface area contributed by atoms with Crippen LogP contribution in [0.2, 0.25) is 0 Å². The lowest BCUT2D eigenvalue weighted by Gasteiger charge is -2.24. The molecule has 3 heteroatoms. The summed E-state index contributed by atoms with van der Waals surface area (Å²) in [5.74, 6) is 0.0834. The molecular weight excluding hydrogens is 212 g/mol. The number of hydrogen-bond donors (Lipinski definition) is 2. The molecule has 0 bridgehead atoms. The largest absolute Gasteiger partial charge is 0.356 e. The van der Waals surface area contributed by atoms with Gasteiger partial charge in [0, 0.05) is 13.1 Å². The van der Waals surface area contributed by atoms with Gasteiger partial charge in [0.1, 0.15) is 0 Å².